The summed E-state index contributed by atoms with van der Waals surface area (Å²) in [5, 5.41) is 12.1. The van der Waals surface area contributed by atoms with Gasteiger partial charge in [0.05, 0.1) is 6.07 Å². The average Bonchev–Trinajstić information content (AvgIpc) is 2.29. The molecule has 1 N–H and O–H groups in total. The van der Waals surface area contributed by atoms with Crippen LogP contribution in [0.3, 0.4) is 0 Å². The largest absolute Gasteiger partial charge is 0.296 e. The predicted octanol–water partition coefficient (Wildman–Crippen LogP) is 3.19. The Bertz CT molecular complexity index is 363. The molecule has 1 rings (SSSR count). The number of nitriles is 1. The summed E-state index contributed by atoms with van der Waals surface area (Å²) < 4.78 is 0. The second-order valence-electron chi connectivity index (χ2n) is 4.17. The lowest BCUT2D eigenvalue weighted by Crippen LogP contribution is -2.36. The smallest absolute Gasteiger partial charge is 0.101 e. The van der Waals surface area contributed by atoms with Gasteiger partial charge in [-0.2, -0.15) is 5.26 Å². The maximum absolute atomic E-state index is 8.87. The summed E-state index contributed by atoms with van der Waals surface area (Å²) in [6.45, 7) is 6.65. The van der Waals surface area contributed by atoms with Gasteiger partial charge in [-0.15, -0.1) is 11.8 Å². The summed E-state index contributed by atoms with van der Waals surface area (Å²) in [7, 11) is 0. The number of nitrogens with one attached hydrogen (secondary N) is 1. The summed E-state index contributed by atoms with van der Waals surface area (Å²) in [5.41, 5.74) is 0.750. The zero-order chi connectivity index (χ0) is 12.0. The molecule has 0 saturated carbocycles. The van der Waals surface area contributed by atoms with Crippen LogP contribution in [-0.4, -0.2) is 11.3 Å². The molecule has 0 amide bonds. The van der Waals surface area contributed by atoms with Crippen LogP contribution in [-0.2, 0) is 6.54 Å². The van der Waals surface area contributed by atoms with Crippen molar-refractivity contribution in [3.05, 3.63) is 29.8 Å². The minimum atomic E-state index is -0.461. The molecule has 0 atom stereocenters. The molecule has 0 saturated heterocycles. The number of thioether (sulfide) groups is 1. The first-order chi connectivity index (χ1) is 7.57. The van der Waals surface area contributed by atoms with Crippen molar-refractivity contribution in [1.29, 1.82) is 5.26 Å². The summed E-state index contributed by atoms with van der Waals surface area (Å²) >= 11 is 1.84. The molecule has 0 heterocycles. The first-order valence-corrected chi connectivity index (χ1v) is 6.44. The fourth-order valence-corrected chi connectivity index (χ4v) is 1.89. The van der Waals surface area contributed by atoms with Gasteiger partial charge in [0, 0.05) is 11.4 Å². The molecule has 3 heteroatoms. The van der Waals surface area contributed by atoms with Crippen molar-refractivity contribution in [1.82, 2.24) is 5.32 Å². The van der Waals surface area contributed by atoms with Gasteiger partial charge in [-0.3, -0.25) is 5.32 Å². The highest BCUT2D eigenvalue weighted by Crippen LogP contribution is 2.17. The Balaban J connectivity index is 2.53. The van der Waals surface area contributed by atoms with E-state index < -0.39 is 5.54 Å². The van der Waals surface area contributed by atoms with Crippen LogP contribution in [0.1, 0.15) is 26.3 Å². The van der Waals surface area contributed by atoms with Gasteiger partial charge in [0.1, 0.15) is 5.54 Å². The van der Waals surface area contributed by atoms with E-state index in [9.17, 15) is 0 Å². The third-order valence-electron chi connectivity index (χ3n) is 2.25. The van der Waals surface area contributed by atoms with Gasteiger partial charge in [-0.05, 0) is 37.3 Å². The second-order valence-corrected chi connectivity index (χ2v) is 5.50. The Morgan fingerprint density at radius 2 is 1.94 bits per heavy atom. The Labute approximate surface area is 102 Å². The van der Waals surface area contributed by atoms with E-state index in [2.05, 4.69) is 42.6 Å². The van der Waals surface area contributed by atoms with Crippen molar-refractivity contribution < 1.29 is 0 Å². The highest BCUT2D eigenvalue weighted by atomic mass is 32.2. The zero-order valence-electron chi connectivity index (χ0n) is 10.1. The molecule has 2 nitrogen and oxygen atoms in total. The summed E-state index contributed by atoms with van der Waals surface area (Å²) in [6, 6.07) is 10.7. The zero-order valence-corrected chi connectivity index (χ0v) is 10.9. The van der Waals surface area contributed by atoms with E-state index in [1.165, 1.54) is 10.5 Å². The number of nitrogens with zero attached hydrogens (tertiary/aromatic N) is 1. The van der Waals surface area contributed by atoms with Crippen LogP contribution in [0.2, 0.25) is 0 Å². The topological polar surface area (TPSA) is 35.8 Å². The van der Waals surface area contributed by atoms with Gasteiger partial charge in [0.15, 0.2) is 0 Å². The highest BCUT2D eigenvalue weighted by molar-refractivity contribution is 7.99. The lowest BCUT2D eigenvalue weighted by molar-refractivity contribution is 0.485. The minimum Gasteiger partial charge on any atom is -0.296 e. The molecular weight excluding hydrogens is 216 g/mol. The highest BCUT2D eigenvalue weighted by Gasteiger charge is 2.14. The molecule has 0 aliphatic rings. The molecule has 86 valence electrons. The van der Waals surface area contributed by atoms with E-state index >= 15 is 0 Å². The molecule has 16 heavy (non-hydrogen) atoms. The fourth-order valence-electron chi connectivity index (χ4n) is 1.23. The molecular formula is C13H18N2S. The standard InChI is InChI=1S/C13H18N2S/c1-4-16-12-7-5-11(6-8-12)9-15-13(2,3)10-14/h5-8,15H,4,9H2,1-3H3. The van der Waals surface area contributed by atoms with Crippen LogP contribution >= 0.6 is 11.8 Å². The van der Waals surface area contributed by atoms with Crippen molar-refractivity contribution in [3.63, 3.8) is 0 Å². The predicted molar refractivity (Wildman–Crippen MR) is 69.4 cm³/mol. The van der Waals surface area contributed by atoms with E-state index in [-0.39, 0.29) is 0 Å². The lowest BCUT2D eigenvalue weighted by atomic mass is 10.1. The Morgan fingerprint density at radius 1 is 1.31 bits per heavy atom. The first-order valence-electron chi connectivity index (χ1n) is 5.45. The Morgan fingerprint density at radius 3 is 2.44 bits per heavy atom. The van der Waals surface area contributed by atoms with Crippen LogP contribution in [0.4, 0.5) is 0 Å². The minimum absolute atomic E-state index is 0.461. The maximum atomic E-state index is 8.87. The number of rotatable bonds is 5. The van der Waals surface area contributed by atoms with Crippen molar-refractivity contribution in [3.8, 4) is 6.07 Å². The fraction of sp³-hybridized carbons (Fsp3) is 0.462. The van der Waals surface area contributed by atoms with Gasteiger partial charge in [0.25, 0.3) is 0 Å². The number of hydrogen-bond acceptors (Lipinski definition) is 3. The molecule has 0 unspecified atom stereocenters. The molecule has 0 aromatic heterocycles. The average molecular weight is 234 g/mol. The monoisotopic (exact) mass is 234 g/mol. The third-order valence-corrected chi connectivity index (χ3v) is 3.14. The molecule has 0 bridgehead atoms. The molecule has 0 aliphatic carbocycles. The van der Waals surface area contributed by atoms with Gasteiger partial charge >= 0.3 is 0 Å². The van der Waals surface area contributed by atoms with E-state index in [0.717, 1.165) is 12.3 Å². The summed E-state index contributed by atoms with van der Waals surface area (Å²) in [4.78, 5) is 1.30. The van der Waals surface area contributed by atoms with Crippen molar-refractivity contribution in [2.24, 2.45) is 0 Å². The van der Waals surface area contributed by atoms with Crippen molar-refractivity contribution >= 4 is 11.8 Å². The summed E-state index contributed by atoms with van der Waals surface area (Å²) in [6.07, 6.45) is 0. The van der Waals surface area contributed by atoms with Crippen LogP contribution in [0, 0.1) is 11.3 Å². The number of benzene rings is 1. The molecule has 0 radical (unpaired) electrons. The van der Waals surface area contributed by atoms with Crippen LogP contribution in [0.25, 0.3) is 0 Å². The van der Waals surface area contributed by atoms with Gasteiger partial charge in [-0.25, -0.2) is 0 Å². The molecule has 0 spiro atoms. The van der Waals surface area contributed by atoms with Crippen molar-refractivity contribution in [2.45, 2.75) is 37.8 Å². The molecule has 1 aromatic carbocycles. The van der Waals surface area contributed by atoms with Gasteiger partial charge in [0.2, 0.25) is 0 Å². The van der Waals surface area contributed by atoms with Gasteiger partial charge < -0.3 is 0 Å². The van der Waals surface area contributed by atoms with E-state index in [1.807, 2.05) is 25.6 Å². The second kappa shape index (κ2) is 5.93. The van der Waals surface area contributed by atoms with Gasteiger partial charge in [-0.1, -0.05) is 19.1 Å². The Hall–Kier alpha value is -0.980. The summed E-state index contributed by atoms with van der Waals surface area (Å²) in [5.74, 6) is 1.10. The first kappa shape index (κ1) is 13.1. The SMILES string of the molecule is CCSc1ccc(CNC(C)(C)C#N)cc1. The van der Waals surface area contributed by atoms with Crippen LogP contribution in [0.15, 0.2) is 29.2 Å². The quantitative estimate of drug-likeness (QED) is 0.795. The van der Waals surface area contributed by atoms with Crippen molar-refractivity contribution in [2.75, 3.05) is 5.75 Å². The maximum Gasteiger partial charge on any atom is 0.101 e. The van der Waals surface area contributed by atoms with E-state index in [0.29, 0.717) is 0 Å². The Kier molecular flexibility index (Phi) is 4.85. The molecule has 0 fully saturated rings. The number of hydrogen-bond donors (Lipinski definition) is 1. The van der Waals surface area contributed by atoms with E-state index in [1.54, 1.807) is 0 Å². The van der Waals surface area contributed by atoms with E-state index in [4.69, 9.17) is 5.26 Å². The third kappa shape index (κ3) is 4.26. The lowest BCUT2D eigenvalue weighted by Gasteiger charge is -2.17. The molecule has 1 aromatic rings. The van der Waals surface area contributed by atoms with Crippen LogP contribution < -0.4 is 5.32 Å². The normalized spacial score (nSPS) is 11.1. The van der Waals surface area contributed by atoms with Crippen LogP contribution in [0.5, 0.6) is 0 Å². The molecule has 0 aliphatic heterocycles.